The van der Waals surface area contributed by atoms with Gasteiger partial charge in [0, 0.05) is 6.61 Å². The number of hydrogen-bond acceptors (Lipinski definition) is 4. The second-order valence-corrected chi connectivity index (χ2v) is 6.11. The average Bonchev–Trinajstić information content (AvgIpc) is 3.13. The third kappa shape index (κ3) is 5.05. The molecule has 2 aromatic carbocycles. The van der Waals surface area contributed by atoms with Gasteiger partial charge in [-0.25, -0.2) is 9.48 Å². The molecule has 140 valence electrons. The number of esters is 1. The fourth-order valence-electron chi connectivity index (χ4n) is 2.89. The van der Waals surface area contributed by atoms with Gasteiger partial charge in [0.15, 0.2) is 0 Å². The van der Waals surface area contributed by atoms with Crippen LogP contribution in [0.1, 0.15) is 35.0 Å². The zero-order valence-electron chi connectivity index (χ0n) is 15.5. The number of benzene rings is 2. The Kier molecular flexibility index (Phi) is 6.77. The summed E-state index contributed by atoms with van der Waals surface area (Å²) in [5.41, 5.74) is 3.44. The molecule has 0 aliphatic carbocycles. The van der Waals surface area contributed by atoms with Gasteiger partial charge in [0.25, 0.3) is 0 Å². The lowest BCUT2D eigenvalue weighted by molar-refractivity contribution is 0.0524. The van der Waals surface area contributed by atoms with Crippen LogP contribution in [0.2, 0.25) is 0 Å². The molecule has 27 heavy (non-hydrogen) atoms. The first kappa shape index (κ1) is 18.9. The largest absolute Gasteiger partial charge is 0.462 e. The van der Waals surface area contributed by atoms with E-state index in [2.05, 4.69) is 5.10 Å². The molecule has 0 N–H and O–H groups in total. The third-order valence-electron chi connectivity index (χ3n) is 4.18. The van der Waals surface area contributed by atoms with Crippen molar-refractivity contribution in [3.05, 3.63) is 83.7 Å². The van der Waals surface area contributed by atoms with E-state index in [4.69, 9.17) is 9.47 Å². The molecule has 0 bridgehead atoms. The lowest BCUT2D eigenvalue weighted by atomic mass is 10.1. The maximum Gasteiger partial charge on any atom is 0.341 e. The molecule has 1 heterocycles. The van der Waals surface area contributed by atoms with Gasteiger partial charge in [-0.2, -0.15) is 5.10 Å². The summed E-state index contributed by atoms with van der Waals surface area (Å²) in [5, 5.41) is 4.41. The van der Waals surface area contributed by atoms with Gasteiger partial charge in [-0.15, -0.1) is 0 Å². The van der Waals surface area contributed by atoms with Crippen molar-refractivity contribution in [2.45, 2.75) is 26.4 Å². The van der Waals surface area contributed by atoms with Crippen LogP contribution in [-0.4, -0.2) is 29.0 Å². The molecule has 0 saturated carbocycles. The number of aromatic nitrogens is 2. The predicted octanol–water partition coefficient (Wildman–Crippen LogP) is 4.20. The Hall–Kier alpha value is -2.92. The molecule has 0 fully saturated rings. The van der Waals surface area contributed by atoms with Crippen molar-refractivity contribution in [3.8, 4) is 5.69 Å². The SMILES string of the molecule is CCOC(=O)c1cnn(-c2ccccc2)c1CCCOCc1ccccc1. The molecule has 0 aliphatic heterocycles. The molecule has 0 unspecified atom stereocenters. The number of hydrogen-bond donors (Lipinski definition) is 0. The molecule has 3 aromatic rings. The topological polar surface area (TPSA) is 53.3 Å². The van der Waals surface area contributed by atoms with Gasteiger partial charge in [0.1, 0.15) is 5.56 Å². The number of ether oxygens (including phenoxy) is 2. The van der Waals surface area contributed by atoms with E-state index in [-0.39, 0.29) is 5.97 Å². The standard InChI is InChI=1S/C22H24N2O3/c1-2-27-22(25)20-16-23-24(19-12-7-4-8-13-19)21(20)14-9-15-26-17-18-10-5-3-6-11-18/h3-8,10-13,16H,2,9,14-15,17H2,1H3. The fourth-order valence-corrected chi connectivity index (χ4v) is 2.89. The summed E-state index contributed by atoms with van der Waals surface area (Å²) in [5.74, 6) is -0.333. The Bertz CT molecular complexity index is 845. The van der Waals surface area contributed by atoms with Crippen LogP contribution >= 0.6 is 0 Å². The van der Waals surface area contributed by atoms with Crippen molar-refractivity contribution in [3.63, 3.8) is 0 Å². The van der Waals surface area contributed by atoms with Crippen molar-refractivity contribution in [2.24, 2.45) is 0 Å². The molecular formula is C22H24N2O3. The second kappa shape index (κ2) is 9.69. The lowest BCUT2D eigenvalue weighted by Crippen LogP contribution is -2.11. The summed E-state index contributed by atoms with van der Waals surface area (Å²) in [6.45, 7) is 3.34. The highest BCUT2D eigenvalue weighted by molar-refractivity contribution is 5.90. The van der Waals surface area contributed by atoms with E-state index in [1.807, 2.05) is 65.3 Å². The van der Waals surface area contributed by atoms with E-state index in [9.17, 15) is 4.79 Å². The second-order valence-electron chi connectivity index (χ2n) is 6.11. The minimum Gasteiger partial charge on any atom is -0.462 e. The molecule has 5 heteroatoms. The van der Waals surface area contributed by atoms with Crippen LogP contribution < -0.4 is 0 Å². The van der Waals surface area contributed by atoms with Crippen LogP contribution in [0.3, 0.4) is 0 Å². The van der Waals surface area contributed by atoms with Gasteiger partial charge in [-0.3, -0.25) is 0 Å². The van der Waals surface area contributed by atoms with Gasteiger partial charge in [0.05, 0.1) is 30.8 Å². The average molecular weight is 364 g/mol. The maximum atomic E-state index is 12.3. The molecule has 5 nitrogen and oxygen atoms in total. The van der Waals surface area contributed by atoms with E-state index in [0.29, 0.717) is 31.8 Å². The third-order valence-corrected chi connectivity index (χ3v) is 4.18. The molecule has 0 aliphatic rings. The number of nitrogens with zero attached hydrogens (tertiary/aromatic N) is 2. The minimum absolute atomic E-state index is 0.333. The summed E-state index contributed by atoms with van der Waals surface area (Å²) in [4.78, 5) is 12.3. The number of rotatable bonds is 9. The molecule has 0 atom stereocenters. The Labute approximate surface area is 159 Å². The van der Waals surface area contributed by atoms with Gasteiger partial charge in [-0.05, 0) is 37.5 Å². The summed E-state index contributed by atoms with van der Waals surface area (Å²) in [6.07, 6.45) is 3.06. The van der Waals surface area contributed by atoms with E-state index in [0.717, 1.165) is 23.4 Å². The first-order chi connectivity index (χ1) is 13.3. The van der Waals surface area contributed by atoms with Crippen LogP contribution in [0.5, 0.6) is 0 Å². The van der Waals surface area contributed by atoms with E-state index < -0.39 is 0 Å². The molecule has 1 aromatic heterocycles. The van der Waals surface area contributed by atoms with Crippen LogP contribution in [0, 0.1) is 0 Å². The summed E-state index contributed by atoms with van der Waals surface area (Å²) >= 11 is 0. The molecule has 0 amide bonds. The maximum absolute atomic E-state index is 12.3. The predicted molar refractivity (Wildman–Crippen MR) is 104 cm³/mol. The highest BCUT2D eigenvalue weighted by Crippen LogP contribution is 2.18. The van der Waals surface area contributed by atoms with Crippen molar-refractivity contribution >= 4 is 5.97 Å². The summed E-state index contributed by atoms with van der Waals surface area (Å²) in [6, 6.07) is 19.9. The van der Waals surface area contributed by atoms with Gasteiger partial charge < -0.3 is 9.47 Å². The molecule has 0 radical (unpaired) electrons. The zero-order chi connectivity index (χ0) is 18.9. The highest BCUT2D eigenvalue weighted by Gasteiger charge is 2.19. The van der Waals surface area contributed by atoms with Gasteiger partial charge in [0.2, 0.25) is 0 Å². The van der Waals surface area contributed by atoms with E-state index >= 15 is 0 Å². The fraction of sp³-hybridized carbons (Fsp3) is 0.273. The van der Waals surface area contributed by atoms with E-state index in [1.165, 1.54) is 0 Å². The molecule has 3 rings (SSSR count). The monoisotopic (exact) mass is 364 g/mol. The number of carbonyl (C=O) groups is 1. The van der Waals surface area contributed by atoms with Crippen molar-refractivity contribution < 1.29 is 14.3 Å². The Morgan fingerprint density at radius 3 is 2.44 bits per heavy atom. The molecule has 0 saturated heterocycles. The lowest BCUT2D eigenvalue weighted by Gasteiger charge is -2.10. The van der Waals surface area contributed by atoms with Crippen LogP contribution in [0.4, 0.5) is 0 Å². The molecule has 0 spiro atoms. The minimum atomic E-state index is -0.333. The first-order valence-corrected chi connectivity index (χ1v) is 9.20. The summed E-state index contributed by atoms with van der Waals surface area (Å²) < 4.78 is 12.8. The van der Waals surface area contributed by atoms with Gasteiger partial charge in [-0.1, -0.05) is 48.5 Å². The smallest absolute Gasteiger partial charge is 0.341 e. The van der Waals surface area contributed by atoms with Crippen molar-refractivity contribution in [1.29, 1.82) is 0 Å². The Balaban J connectivity index is 1.66. The first-order valence-electron chi connectivity index (χ1n) is 9.20. The Morgan fingerprint density at radius 1 is 1.04 bits per heavy atom. The van der Waals surface area contributed by atoms with Crippen molar-refractivity contribution in [1.82, 2.24) is 9.78 Å². The zero-order valence-corrected chi connectivity index (χ0v) is 15.5. The van der Waals surface area contributed by atoms with Crippen molar-refractivity contribution in [2.75, 3.05) is 13.2 Å². The van der Waals surface area contributed by atoms with Crippen LogP contribution in [0.25, 0.3) is 5.69 Å². The van der Waals surface area contributed by atoms with Crippen LogP contribution in [0.15, 0.2) is 66.9 Å². The number of para-hydroxylation sites is 1. The quantitative estimate of drug-likeness (QED) is 0.422. The normalized spacial score (nSPS) is 10.7. The molecular weight excluding hydrogens is 340 g/mol. The summed E-state index contributed by atoms with van der Waals surface area (Å²) in [7, 11) is 0. The highest BCUT2D eigenvalue weighted by atomic mass is 16.5. The van der Waals surface area contributed by atoms with Crippen LogP contribution in [-0.2, 0) is 22.5 Å². The van der Waals surface area contributed by atoms with Gasteiger partial charge >= 0.3 is 5.97 Å². The van der Waals surface area contributed by atoms with E-state index in [1.54, 1.807) is 13.1 Å². The Morgan fingerprint density at radius 2 is 1.74 bits per heavy atom. The number of carbonyl (C=O) groups excluding carboxylic acids is 1.